The summed E-state index contributed by atoms with van der Waals surface area (Å²) in [4.78, 5) is 43.7. The summed E-state index contributed by atoms with van der Waals surface area (Å²) < 4.78 is 0. The van der Waals surface area contributed by atoms with Gasteiger partial charge >= 0.3 is 17.9 Å². The van der Waals surface area contributed by atoms with Gasteiger partial charge in [-0.05, 0) is 79.3 Å². The number of rotatable bonds is 15. The summed E-state index contributed by atoms with van der Waals surface area (Å²) in [7, 11) is 3.49. The molecule has 2 rings (SSSR count). The smallest absolute Gasteiger partial charge is 0.307 e. The van der Waals surface area contributed by atoms with Gasteiger partial charge in [-0.3, -0.25) is 19.2 Å². The number of Topliss-reactive ketones (excluding diaryl/α,β-unsaturated/α-hetero) is 1. The Hall–Kier alpha value is -2.12. The molecule has 9 atom stereocenters. The summed E-state index contributed by atoms with van der Waals surface area (Å²) in [5.41, 5.74) is 5.45. The molecule has 9 unspecified atom stereocenters. The summed E-state index contributed by atoms with van der Waals surface area (Å²) >= 11 is 0. The molecular weight excluding hydrogens is 534 g/mol. The fraction of sp³-hybridized carbons (Fsp3) is 0.862. The van der Waals surface area contributed by atoms with Crippen molar-refractivity contribution in [2.24, 2.45) is 29.4 Å². The topological polar surface area (TPSA) is 220 Å². The standard InChI is InChI=1S/C10H19NO3.C10H17NO3.C9H19NO3/c2*1-6(11-2)9(12)7-4-3-5-8(7)10(13)14;1-7(10)8(11)5-3-2-4-6-9(12)13/h6-9,11-12H,3-5H2,1-2H3,(H,13,14);6-8,11H,3-5H2,1-2H3,(H,13,14);7-8,11H,2-6,10H2,1H3,(H,12,13). The first-order valence-electron chi connectivity index (χ1n) is 14.9. The number of nitrogens with two attached hydrogens (primary N) is 1. The van der Waals surface area contributed by atoms with Gasteiger partial charge in [0, 0.05) is 24.4 Å². The minimum Gasteiger partial charge on any atom is -0.481 e. The second-order valence-electron chi connectivity index (χ2n) is 11.4. The molecule has 240 valence electrons. The number of carboxylic acid groups (broad SMARTS) is 3. The van der Waals surface area contributed by atoms with Crippen LogP contribution in [0, 0.1) is 23.7 Å². The maximum Gasteiger partial charge on any atom is 0.307 e. The maximum atomic E-state index is 11.8. The molecule has 2 saturated carbocycles. The van der Waals surface area contributed by atoms with Crippen LogP contribution in [0.1, 0.15) is 91.4 Å². The van der Waals surface area contributed by atoms with E-state index in [1.165, 1.54) is 0 Å². The largest absolute Gasteiger partial charge is 0.481 e. The Morgan fingerprint density at radius 2 is 1.32 bits per heavy atom. The Morgan fingerprint density at radius 1 is 0.780 bits per heavy atom. The van der Waals surface area contributed by atoms with Gasteiger partial charge in [0.15, 0.2) is 5.78 Å². The highest BCUT2D eigenvalue weighted by Crippen LogP contribution is 2.35. The maximum absolute atomic E-state index is 11.8. The molecule has 2 aliphatic carbocycles. The van der Waals surface area contributed by atoms with Crippen LogP contribution in [0.15, 0.2) is 0 Å². The molecule has 12 nitrogen and oxygen atoms in total. The number of aliphatic hydroxyl groups is 2. The third kappa shape index (κ3) is 14.6. The van der Waals surface area contributed by atoms with Gasteiger partial charge in [0.2, 0.25) is 0 Å². The van der Waals surface area contributed by atoms with Crippen LogP contribution in [0.4, 0.5) is 0 Å². The summed E-state index contributed by atoms with van der Waals surface area (Å²) in [6, 6.07) is -0.473. The molecule has 0 aromatic heterocycles. The zero-order chi connectivity index (χ0) is 31.7. The average molecular weight is 590 g/mol. The highest BCUT2D eigenvalue weighted by molar-refractivity contribution is 5.90. The first-order chi connectivity index (χ1) is 19.2. The van der Waals surface area contributed by atoms with E-state index in [0.29, 0.717) is 25.7 Å². The van der Waals surface area contributed by atoms with Crippen molar-refractivity contribution in [1.82, 2.24) is 10.6 Å². The number of unbranched alkanes of at least 4 members (excludes halogenated alkanes) is 2. The Bertz CT molecular complexity index is 795. The molecule has 41 heavy (non-hydrogen) atoms. The molecule has 0 aliphatic heterocycles. The second kappa shape index (κ2) is 20.7. The molecule has 0 aromatic carbocycles. The Morgan fingerprint density at radius 3 is 1.80 bits per heavy atom. The van der Waals surface area contributed by atoms with Gasteiger partial charge in [0.25, 0.3) is 0 Å². The van der Waals surface area contributed by atoms with Crippen molar-refractivity contribution in [2.75, 3.05) is 14.1 Å². The van der Waals surface area contributed by atoms with Crippen molar-refractivity contribution in [2.45, 2.75) is 122 Å². The molecule has 0 aromatic rings. The van der Waals surface area contributed by atoms with Gasteiger partial charge in [-0.1, -0.05) is 25.7 Å². The summed E-state index contributed by atoms with van der Waals surface area (Å²) in [6.07, 6.45) is 6.90. The van der Waals surface area contributed by atoms with Crippen LogP contribution in [-0.4, -0.2) is 93.7 Å². The number of aliphatic hydroxyl groups excluding tert-OH is 2. The number of ketones is 1. The Kier molecular flexibility index (Phi) is 19.6. The van der Waals surface area contributed by atoms with Crippen molar-refractivity contribution in [3.63, 3.8) is 0 Å². The van der Waals surface area contributed by atoms with Gasteiger partial charge in [-0.2, -0.15) is 0 Å². The van der Waals surface area contributed by atoms with Crippen LogP contribution in [-0.2, 0) is 19.2 Å². The van der Waals surface area contributed by atoms with Gasteiger partial charge < -0.3 is 41.9 Å². The van der Waals surface area contributed by atoms with E-state index < -0.39 is 36.0 Å². The van der Waals surface area contributed by atoms with Crippen molar-refractivity contribution >= 4 is 23.7 Å². The third-order valence-electron chi connectivity index (χ3n) is 8.35. The van der Waals surface area contributed by atoms with E-state index in [4.69, 9.17) is 21.1 Å². The quantitative estimate of drug-likeness (QED) is 0.128. The third-order valence-corrected chi connectivity index (χ3v) is 8.35. The number of hydrogen-bond acceptors (Lipinski definition) is 9. The molecule has 9 N–H and O–H groups in total. The fourth-order valence-electron chi connectivity index (χ4n) is 5.37. The lowest BCUT2D eigenvalue weighted by Crippen LogP contribution is -2.42. The molecule has 0 radical (unpaired) electrons. The van der Waals surface area contributed by atoms with Crippen LogP contribution in [0.5, 0.6) is 0 Å². The second-order valence-corrected chi connectivity index (χ2v) is 11.4. The number of nitrogens with one attached hydrogen (secondary N) is 2. The van der Waals surface area contributed by atoms with Gasteiger partial charge in [-0.25, -0.2) is 0 Å². The fourth-order valence-corrected chi connectivity index (χ4v) is 5.37. The van der Waals surface area contributed by atoms with Crippen LogP contribution in [0.25, 0.3) is 0 Å². The predicted molar refractivity (Wildman–Crippen MR) is 155 cm³/mol. The Labute approximate surface area is 244 Å². The highest BCUT2D eigenvalue weighted by atomic mass is 16.4. The average Bonchev–Trinajstić information content (AvgIpc) is 3.62. The zero-order valence-corrected chi connectivity index (χ0v) is 25.4. The van der Waals surface area contributed by atoms with E-state index in [9.17, 15) is 29.4 Å². The van der Waals surface area contributed by atoms with Crippen LogP contribution >= 0.6 is 0 Å². The molecule has 12 heteroatoms. The summed E-state index contributed by atoms with van der Waals surface area (Å²) in [6.45, 7) is 5.42. The van der Waals surface area contributed by atoms with Crippen LogP contribution in [0.3, 0.4) is 0 Å². The predicted octanol–water partition coefficient (Wildman–Crippen LogP) is 1.85. The number of carbonyl (C=O) groups excluding carboxylic acids is 1. The van der Waals surface area contributed by atoms with E-state index >= 15 is 0 Å². The highest BCUT2D eigenvalue weighted by Gasteiger charge is 2.39. The van der Waals surface area contributed by atoms with Gasteiger partial charge in [-0.15, -0.1) is 0 Å². The molecule has 0 saturated heterocycles. The molecule has 0 bridgehead atoms. The molecule has 2 aliphatic rings. The lowest BCUT2D eigenvalue weighted by molar-refractivity contribution is -0.146. The SMILES string of the molecule is CC(N)C(O)CCCCCC(=O)O.CNC(C)C(=O)C1CCCC1C(=O)O.CNC(C)C(O)C1CCCC1C(=O)O. The Balaban J connectivity index is 0.000000586. The van der Waals surface area contributed by atoms with Crippen LogP contribution in [0.2, 0.25) is 0 Å². The first-order valence-corrected chi connectivity index (χ1v) is 14.9. The lowest BCUT2D eigenvalue weighted by atomic mass is 9.87. The number of likely N-dealkylation sites (N-methyl/N-ethyl adjacent to an activating group) is 2. The van der Waals surface area contributed by atoms with Crippen molar-refractivity contribution in [3.05, 3.63) is 0 Å². The van der Waals surface area contributed by atoms with E-state index in [2.05, 4.69) is 10.6 Å². The molecule has 0 spiro atoms. The van der Waals surface area contributed by atoms with Crippen molar-refractivity contribution in [1.29, 1.82) is 0 Å². The number of carbonyl (C=O) groups is 4. The monoisotopic (exact) mass is 589 g/mol. The molecule has 0 amide bonds. The summed E-state index contributed by atoms with van der Waals surface area (Å²) in [5, 5.41) is 51.2. The number of aliphatic carboxylic acids is 3. The van der Waals surface area contributed by atoms with E-state index in [-0.39, 0.29) is 48.1 Å². The molecule has 2 fully saturated rings. The van der Waals surface area contributed by atoms with E-state index in [0.717, 1.165) is 38.5 Å². The minimum absolute atomic E-state index is 0.0393. The number of carboxylic acids is 3. The first kappa shape index (κ1) is 38.9. The van der Waals surface area contributed by atoms with Gasteiger partial charge in [0.05, 0.1) is 30.1 Å². The molecular formula is C29H55N3O9. The van der Waals surface area contributed by atoms with Crippen LogP contribution < -0.4 is 16.4 Å². The molecule has 0 heterocycles. The van der Waals surface area contributed by atoms with E-state index in [1.54, 1.807) is 27.9 Å². The zero-order valence-electron chi connectivity index (χ0n) is 25.4. The normalized spacial score (nSPS) is 25.4. The van der Waals surface area contributed by atoms with Crippen molar-refractivity contribution < 1.29 is 44.7 Å². The number of hydrogen-bond donors (Lipinski definition) is 8. The van der Waals surface area contributed by atoms with E-state index in [1.807, 2.05) is 6.92 Å². The minimum atomic E-state index is -0.829. The lowest BCUT2D eigenvalue weighted by Gasteiger charge is -2.26. The summed E-state index contributed by atoms with van der Waals surface area (Å²) in [5.74, 6) is -3.51. The van der Waals surface area contributed by atoms with Gasteiger partial charge in [0.1, 0.15) is 0 Å². The van der Waals surface area contributed by atoms with Crippen molar-refractivity contribution in [3.8, 4) is 0 Å².